The van der Waals surface area contributed by atoms with Gasteiger partial charge in [0.25, 0.3) is 0 Å². The van der Waals surface area contributed by atoms with Crippen LogP contribution in [0.5, 0.6) is 0 Å². The number of aliphatic hydroxyl groups excluding tert-OH is 8. The molecular weight excluding hydrogens is 920 g/mol. The Morgan fingerprint density at radius 1 is 0.493 bits per heavy atom. The molecule has 0 aromatic carbocycles. The highest BCUT2D eigenvalue weighted by Crippen LogP contribution is 2.48. The number of carbonyl (C=O) groups excluding carboxylic acids is 2. The van der Waals surface area contributed by atoms with E-state index in [1.165, 1.54) is 122 Å². The smallest absolute Gasteiger partial charge is 0.462 e. The van der Waals surface area contributed by atoms with Gasteiger partial charge in [0.1, 0.15) is 67.6 Å². The average Bonchev–Trinajstić information content (AvgIpc) is 3.33. The van der Waals surface area contributed by atoms with Crippen LogP contribution in [0.15, 0.2) is 0 Å². The van der Waals surface area contributed by atoms with Gasteiger partial charge in [0.15, 0.2) is 12.4 Å². The van der Waals surface area contributed by atoms with Gasteiger partial charge < -0.3 is 64.7 Å². The van der Waals surface area contributed by atoms with E-state index in [1.807, 2.05) is 0 Å². The van der Waals surface area contributed by atoms with E-state index in [-0.39, 0.29) is 12.8 Å². The summed E-state index contributed by atoms with van der Waals surface area (Å²) in [5.74, 6) is -1.20. The highest BCUT2D eigenvalue weighted by Gasteiger charge is 2.55. The normalized spacial score (nSPS) is 27.5. The van der Waals surface area contributed by atoms with Crippen molar-refractivity contribution in [2.24, 2.45) is 0 Å². The van der Waals surface area contributed by atoms with Gasteiger partial charge in [0.05, 0.1) is 13.2 Å². The highest BCUT2D eigenvalue weighted by molar-refractivity contribution is 7.47. The summed E-state index contributed by atoms with van der Waals surface area (Å²) in [5, 5.41) is 83.0. The van der Waals surface area contributed by atoms with Gasteiger partial charge in [-0.2, -0.15) is 0 Å². The summed E-state index contributed by atoms with van der Waals surface area (Å²) in [7, 11) is -5.37. The molecule has 2 rings (SSSR count). The fraction of sp³-hybridized carbons (Fsp3) is 0.960. The Labute approximate surface area is 412 Å². The van der Waals surface area contributed by atoms with Gasteiger partial charge in [0.2, 0.25) is 0 Å². The predicted molar refractivity (Wildman–Crippen MR) is 259 cm³/mol. The SMILES string of the molecule is CCCCCCCCCCCCCCCCCCC(=O)OCC(COP(=O)(O)OC1C(O)C(O)C(O)C(O)C1OC1OC(CO)C(O)C(O)C1O)OC(=O)CCCCCCCCCCCCCCC. The largest absolute Gasteiger partial charge is 0.472 e. The van der Waals surface area contributed by atoms with Crippen LogP contribution in [-0.4, -0.2) is 151 Å². The molecule has 0 aromatic rings. The van der Waals surface area contributed by atoms with E-state index in [1.54, 1.807) is 0 Å². The summed E-state index contributed by atoms with van der Waals surface area (Å²) in [6.45, 7) is 2.26. The Morgan fingerprint density at radius 2 is 0.870 bits per heavy atom. The van der Waals surface area contributed by atoms with Crippen LogP contribution in [0.25, 0.3) is 0 Å². The van der Waals surface area contributed by atoms with E-state index in [9.17, 15) is 59.9 Å². The number of phosphoric acid groups is 1. The number of aliphatic hydroxyl groups is 8. The van der Waals surface area contributed by atoms with Crippen LogP contribution in [-0.2, 0) is 42.1 Å². The summed E-state index contributed by atoms with van der Waals surface area (Å²) >= 11 is 0. The molecule has 408 valence electrons. The molecule has 13 atom stereocenters. The van der Waals surface area contributed by atoms with Crippen molar-refractivity contribution >= 4 is 19.8 Å². The minimum Gasteiger partial charge on any atom is -0.462 e. The van der Waals surface area contributed by atoms with E-state index in [2.05, 4.69) is 13.8 Å². The van der Waals surface area contributed by atoms with Crippen molar-refractivity contribution in [2.75, 3.05) is 19.8 Å². The monoisotopic (exact) mass is 1010 g/mol. The number of carbonyl (C=O) groups is 2. The Kier molecular flexibility index (Phi) is 35.4. The summed E-state index contributed by atoms with van der Waals surface area (Å²) in [4.78, 5) is 36.6. The first-order valence-electron chi connectivity index (χ1n) is 26.9. The van der Waals surface area contributed by atoms with Crippen molar-refractivity contribution in [3.8, 4) is 0 Å². The molecule has 1 aliphatic heterocycles. The van der Waals surface area contributed by atoms with Crippen molar-refractivity contribution in [3.63, 3.8) is 0 Å². The van der Waals surface area contributed by atoms with E-state index in [4.69, 9.17) is 28.0 Å². The molecule has 9 N–H and O–H groups in total. The molecule has 0 bridgehead atoms. The Bertz CT molecular complexity index is 1340. The molecule has 1 heterocycles. The van der Waals surface area contributed by atoms with Crippen LogP contribution in [0.1, 0.15) is 213 Å². The van der Waals surface area contributed by atoms with Crippen LogP contribution in [0.4, 0.5) is 0 Å². The van der Waals surface area contributed by atoms with Crippen LogP contribution < -0.4 is 0 Å². The predicted octanol–water partition coefficient (Wildman–Crippen LogP) is 6.72. The van der Waals surface area contributed by atoms with E-state index in [0.29, 0.717) is 12.8 Å². The maximum absolute atomic E-state index is 13.4. The summed E-state index contributed by atoms with van der Waals surface area (Å²) < 4.78 is 45.5. The zero-order chi connectivity index (χ0) is 50.9. The maximum atomic E-state index is 13.4. The number of ether oxygens (including phenoxy) is 4. The van der Waals surface area contributed by atoms with Crippen molar-refractivity contribution in [3.05, 3.63) is 0 Å². The third kappa shape index (κ3) is 27.0. The molecule has 0 amide bonds. The average molecular weight is 1020 g/mol. The summed E-state index contributed by atoms with van der Waals surface area (Å²) in [5.41, 5.74) is 0. The lowest BCUT2D eigenvalue weighted by Crippen LogP contribution is -2.67. The molecule has 0 spiro atoms. The van der Waals surface area contributed by atoms with Crippen LogP contribution >= 0.6 is 7.82 Å². The van der Waals surface area contributed by atoms with E-state index >= 15 is 0 Å². The van der Waals surface area contributed by atoms with Gasteiger partial charge in [-0.15, -0.1) is 0 Å². The van der Waals surface area contributed by atoms with Gasteiger partial charge in [-0.3, -0.25) is 18.6 Å². The fourth-order valence-electron chi connectivity index (χ4n) is 8.88. The number of hydrogen-bond acceptors (Lipinski definition) is 17. The van der Waals surface area contributed by atoms with Gasteiger partial charge in [-0.25, -0.2) is 4.57 Å². The quantitative estimate of drug-likeness (QED) is 0.0174. The zero-order valence-electron chi connectivity index (χ0n) is 42.1. The molecule has 2 aliphatic rings. The van der Waals surface area contributed by atoms with Gasteiger partial charge in [-0.1, -0.05) is 187 Å². The first-order chi connectivity index (χ1) is 33.2. The van der Waals surface area contributed by atoms with E-state index < -0.39 is 113 Å². The molecular formula is C50H95O18P. The molecule has 1 saturated heterocycles. The third-order valence-electron chi connectivity index (χ3n) is 13.3. The molecule has 19 heteroatoms. The first-order valence-corrected chi connectivity index (χ1v) is 28.4. The molecule has 18 nitrogen and oxygen atoms in total. The Balaban J connectivity index is 1.91. The topological polar surface area (TPSA) is 289 Å². The number of hydrogen-bond donors (Lipinski definition) is 9. The number of rotatable bonds is 42. The summed E-state index contributed by atoms with van der Waals surface area (Å²) in [6.07, 6.45) is 10.3. The zero-order valence-corrected chi connectivity index (χ0v) is 43.0. The molecule has 2 fully saturated rings. The van der Waals surface area contributed by atoms with E-state index in [0.717, 1.165) is 51.4 Å². The highest BCUT2D eigenvalue weighted by atomic mass is 31.2. The summed E-state index contributed by atoms with van der Waals surface area (Å²) in [6, 6.07) is 0. The fourth-order valence-corrected chi connectivity index (χ4v) is 9.85. The van der Waals surface area contributed by atoms with Crippen LogP contribution in [0, 0.1) is 0 Å². The molecule has 69 heavy (non-hydrogen) atoms. The van der Waals surface area contributed by atoms with Crippen molar-refractivity contribution < 1.29 is 87.9 Å². The molecule has 13 unspecified atom stereocenters. The minimum absolute atomic E-state index is 0.0397. The molecule has 0 aromatic heterocycles. The van der Waals surface area contributed by atoms with Gasteiger partial charge in [0, 0.05) is 12.8 Å². The second-order valence-corrected chi connectivity index (χ2v) is 20.8. The third-order valence-corrected chi connectivity index (χ3v) is 14.3. The van der Waals surface area contributed by atoms with Crippen molar-refractivity contribution in [2.45, 2.75) is 286 Å². The van der Waals surface area contributed by atoms with Crippen molar-refractivity contribution in [1.82, 2.24) is 0 Å². The standard InChI is InChI=1S/C50H95O18P/c1-3-5-7-9-11-13-15-17-18-19-21-22-24-26-28-30-32-39(52)63-35-37(65-40(53)33-31-29-27-25-23-20-16-14-12-10-8-6-4-2)36-64-69(61,62)68-49-46(59)44(57)43(56)45(58)48(49)67-50-47(60)42(55)41(54)38(34-51)66-50/h37-38,41-51,54-60H,3-36H2,1-2H3,(H,61,62). The van der Waals surface area contributed by atoms with Crippen molar-refractivity contribution in [1.29, 1.82) is 0 Å². The van der Waals surface area contributed by atoms with Gasteiger partial charge >= 0.3 is 19.8 Å². The molecule has 0 radical (unpaired) electrons. The lowest BCUT2D eigenvalue weighted by molar-refractivity contribution is -0.338. The minimum atomic E-state index is -5.37. The maximum Gasteiger partial charge on any atom is 0.472 e. The molecule has 1 aliphatic carbocycles. The number of esters is 2. The lowest BCUT2D eigenvalue weighted by Gasteiger charge is -2.47. The second-order valence-electron chi connectivity index (χ2n) is 19.4. The Hall–Kier alpha value is -1.35. The first kappa shape index (κ1) is 63.8. The molecule has 1 saturated carbocycles. The van der Waals surface area contributed by atoms with Crippen LogP contribution in [0.3, 0.4) is 0 Å². The van der Waals surface area contributed by atoms with Crippen LogP contribution in [0.2, 0.25) is 0 Å². The second kappa shape index (κ2) is 38.3. The lowest BCUT2D eigenvalue weighted by atomic mass is 9.84. The number of unbranched alkanes of at least 4 members (excludes halogenated alkanes) is 27. The number of phosphoric ester groups is 1. The van der Waals surface area contributed by atoms with Gasteiger partial charge in [-0.05, 0) is 12.8 Å². The Morgan fingerprint density at radius 3 is 1.29 bits per heavy atom.